The Bertz CT molecular complexity index is 1010. The van der Waals surface area contributed by atoms with E-state index >= 15 is 0 Å². The molecule has 3 aromatic carbocycles. The van der Waals surface area contributed by atoms with E-state index in [0.717, 1.165) is 28.0 Å². The maximum Gasteiger partial charge on any atom is 0.333 e. The molecule has 3 aromatic rings. The zero-order chi connectivity index (χ0) is 22.1. The van der Waals surface area contributed by atoms with E-state index in [1.807, 2.05) is 61.5 Å². The third-order valence-electron chi connectivity index (χ3n) is 4.90. The van der Waals surface area contributed by atoms with Gasteiger partial charge in [0, 0.05) is 13.0 Å². The summed E-state index contributed by atoms with van der Waals surface area (Å²) in [5, 5.41) is 13.5. The molecule has 31 heavy (non-hydrogen) atoms. The van der Waals surface area contributed by atoms with Crippen LogP contribution in [0, 0.1) is 0 Å². The zero-order valence-corrected chi connectivity index (χ0v) is 17.8. The first-order valence-corrected chi connectivity index (χ1v) is 10.3. The molecule has 0 heterocycles. The van der Waals surface area contributed by atoms with Crippen LogP contribution in [0.3, 0.4) is 0 Å². The number of benzene rings is 3. The standard InChI is InChI=1S/C26H27NO4/c1-3-30-25(26(28)29)17-21-8-7-11-24(16-21)19(2)27-31-18-20-12-14-23(15-13-20)22-9-5-4-6-10-22/h4-16,25H,3,17-18H2,1-2H3,(H,28,29)/b27-19+/t25-/m0/s1. The highest BCUT2D eigenvalue weighted by molar-refractivity contribution is 5.98. The van der Waals surface area contributed by atoms with Gasteiger partial charge in [-0.05, 0) is 47.7 Å². The van der Waals surface area contributed by atoms with Crippen molar-refractivity contribution in [3.8, 4) is 11.1 Å². The van der Waals surface area contributed by atoms with Crippen molar-refractivity contribution in [3.63, 3.8) is 0 Å². The summed E-state index contributed by atoms with van der Waals surface area (Å²) >= 11 is 0. The summed E-state index contributed by atoms with van der Waals surface area (Å²) in [6.07, 6.45) is -0.550. The second kappa shape index (κ2) is 11.1. The average Bonchev–Trinajstić information content (AvgIpc) is 2.80. The largest absolute Gasteiger partial charge is 0.479 e. The number of carboxylic acids is 1. The highest BCUT2D eigenvalue weighted by Crippen LogP contribution is 2.19. The van der Waals surface area contributed by atoms with Crippen LogP contribution >= 0.6 is 0 Å². The van der Waals surface area contributed by atoms with E-state index in [9.17, 15) is 9.90 Å². The van der Waals surface area contributed by atoms with Crippen LogP contribution in [0.15, 0.2) is 84.0 Å². The second-order valence-corrected chi connectivity index (χ2v) is 7.20. The molecule has 0 aromatic heterocycles. The summed E-state index contributed by atoms with van der Waals surface area (Å²) in [6, 6.07) is 26.1. The van der Waals surface area contributed by atoms with Gasteiger partial charge in [0.15, 0.2) is 6.10 Å². The zero-order valence-electron chi connectivity index (χ0n) is 17.8. The van der Waals surface area contributed by atoms with Crippen LogP contribution in [0.2, 0.25) is 0 Å². The normalized spacial score (nSPS) is 12.4. The van der Waals surface area contributed by atoms with Crippen LogP contribution in [-0.2, 0) is 27.4 Å². The fourth-order valence-electron chi connectivity index (χ4n) is 3.24. The predicted molar refractivity (Wildman–Crippen MR) is 122 cm³/mol. The van der Waals surface area contributed by atoms with Crippen molar-refractivity contribution in [2.45, 2.75) is 33.0 Å². The molecule has 0 saturated carbocycles. The number of oxime groups is 1. The molecule has 0 amide bonds. The molecule has 0 aliphatic carbocycles. The Morgan fingerprint density at radius 1 is 0.935 bits per heavy atom. The first-order valence-electron chi connectivity index (χ1n) is 10.3. The first kappa shape index (κ1) is 22.2. The van der Waals surface area contributed by atoms with Crippen LogP contribution in [-0.4, -0.2) is 29.5 Å². The number of carboxylic acid groups (broad SMARTS) is 1. The Balaban J connectivity index is 1.60. The van der Waals surface area contributed by atoms with Crippen molar-refractivity contribution in [3.05, 3.63) is 95.6 Å². The van der Waals surface area contributed by atoms with E-state index in [0.29, 0.717) is 19.6 Å². The lowest BCUT2D eigenvalue weighted by atomic mass is 10.0. The van der Waals surface area contributed by atoms with Gasteiger partial charge in [-0.3, -0.25) is 0 Å². The highest BCUT2D eigenvalue weighted by Gasteiger charge is 2.18. The van der Waals surface area contributed by atoms with Gasteiger partial charge < -0.3 is 14.7 Å². The second-order valence-electron chi connectivity index (χ2n) is 7.20. The van der Waals surface area contributed by atoms with Gasteiger partial charge in [0.1, 0.15) is 6.61 Å². The summed E-state index contributed by atoms with van der Waals surface area (Å²) < 4.78 is 5.30. The molecule has 1 N–H and O–H groups in total. The molecule has 0 bridgehead atoms. The Kier molecular flexibility index (Phi) is 7.96. The topological polar surface area (TPSA) is 68.1 Å². The molecule has 1 atom stereocenters. The molecule has 0 radical (unpaired) electrons. The van der Waals surface area contributed by atoms with E-state index in [1.54, 1.807) is 6.92 Å². The van der Waals surface area contributed by atoms with Gasteiger partial charge in [-0.2, -0.15) is 0 Å². The van der Waals surface area contributed by atoms with Crippen LogP contribution in [0.1, 0.15) is 30.5 Å². The van der Waals surface area contributed by atoms with Crippen molar-refractivity contribution >= 4 is 11.7 Å². The van der Waals surface area contributed by atoms with E-state index in [2.05, 4.69) is 29.4 Å². The fraction of sp³-hybridized carbons (Fsp3) is 0.231. The van der Waals surface area contributed by atoms with Crippen molar-refractivity contribution < 1.29 is 19.5 Å². The minimum Gasteiger partial charge on any atom is -0.479 e. The average molecular weight is 418 g/mol. The monoisotopic (exact) mass is 417 g/mol. The molecular formula is C26H27NO4. The summed E-state index contributed by atoms with van der Waals surface area (Å²) in [4.78, 5) is 16.9. The molecule has 3 rings (SSSR count). The lowest BCUT2D eigenvalue weighted by Crippen LogP contribution is -2.26. The van der Waals surface area contributed by atoms with Crippen LogP contribution in [0.4, 0.5) is 0 Å². The van der Waals surface area contributed by atoms with Gasteiger partial charge in [0.2, 0.25) is 0 Å². The third-order valence-corrected chi connectivity index (χ3v) is 4.90. The van der Waals surface area contributed by atoms with Crippen LogP contribution in [0.5, 0.6) is 0 Å². The van der Waals surface area contributed by atoms with E-state index < -0.39 is 12.1 Å². The van der Waals surface area contributed by atoms with Gasteiger partial charge >= 0.3 is 5.97 Å². The summed E-state index contributed by atoms with van der Waals surface area (Å²) in [5.41, 5.74) is 5.87. The fourth-order valence-corrected chi connectivity index (χ4v) is 3.24. The smallest absolute Gasteiger partial charge is 0.333 e. The maximum atomic E-state index is 11.3. The molecule has 0 fully saturated rings. The molecule has 5 nitrogen and oxygen atoms in total. The molecule has 0 aliphatic heterocycles. The van der Waals surface area contributed by atoms with E-state index in [-0.39, 0.29) is 0 Å². The molecular weight excluding hydrogens is 390 g/mol. The lowest BCUT2D eigenvalue weighted by molar-refractivity contribution is -0.149. The number of hydrogen-bond acceptors (Lipinski definition) is 4. The molecule has 0 aliphatic rings. The summed E-state index contributed by atoms with van der Waals surface area (Å²) in [5.74, 6) is -0.959. The van der Waals surface area contributed by atoms with Gasteiger partial charge in [0.05, 0.1) is 5.71 Å². The van der Waals surface area contributed by atoms with Crippen molar-refractivity contribution in [2.24, 2.45) is 5.16 Å². The van der Waals surface area contributed by atoms with Crippen molar-refractivity contribution in [2.75, 3.05) is 6.61 Å². The van der Waals surface area contributed by atoms with Crippen LogP contribution in [0.25, 0.3) is 11.1 Å². The van der Waals surface area contributed by atoms with Gasteiger partial charge in [-0.25, -0.2) is 4.79 Å². The Morgan fingerprint density at radius 2 is 1.65 bits per heavy atom. The van der Waals surface area contributed by atoms with E-state index in [1.165, 1.54) is 5.56 Å². The molecule has 0 saturated heterocycles. The van der Waals surface area contributed by atoms with E-state index in [4.69, 9.17) is 9.57 Å². The van der Waals surface area contributed by atoms with Crippen molar-refractivity contribution in [1.82, 2.24) is 0 Å². The number of hydrogen-bond donors (Lipinski definition) is 1. The Labute approximate surface area is 182 Å². The summed E-state index contributed by atoms with van der Waals surface area (Å²) in [6.45, 7) is 4.39. The Morgan fingerprint density at radius 3 is 2.32 bits per heavy atom. The summed E-state index contributed by atoms with van der Waals surface area (Å²) in [7, 11) is 0. The predicted octanol–water partition coefficient (Wildman–Crippen LogP) is 5.33. The quantitative estimate of drug-likeness (QED) is 0.358. The number of rotatable bonds is 10. The number of carbonyl (C=O) groups is 1. The molecule has 160 valence electrons. The SMILES string of the molecule is CCO[C@@H](Cc1cccc(/C(C)=N/OCc2ccc(-c3ccccc3)cc2)c1)C(=O)O. The number of ether oxygens (including phenoxy) is 1. The third kappa shape index (κ3) is 6.52. The number of nitrogens with zero attached hydrogens (tertiary/aromatic N) is 1. The lowest BCUT2D eigenvalue weighted by Gasteiger charge is -2.13. The van der Waals surface area contributed by atoms with Gasteiger partial charge in [-0.1, -0.05) is 78.0 Å². The van der Waals surface area contributed by atoms with Crippen molar-refractivity contribution in [1.29, 1.82) is 0 Å². The van der Waals surface area contributed by atoms with Crippen LogP contribution < -0.4 is 0 Å². The maximum absolute atomic E-state index is 11.3. The number of aliphatic carboxylic acids is 1. The highest BCUT2D eigenvalue weighted by atomic mass is 16.6. The molecule has 0 spiro atoms. The Hall–Kier alpha value is -3.44. The van der Waals surface area contributed by atoms with Gasteiger partial charge in [0.25, 0.3) is 0 Å². The minimum absolute atomic E-state index is 0.304. The molecule has 5 heteroatoms. The van der Waals surface area contributed by atoms with Gasteiger partial charge in [-0.15, -0.1) is 0 Å². The minimum atomic E-state index is -0.959. The molecule has 0 unspecified atom stereocenters. The first-order chi connectivity index (χ1) is 15.1.